The molecule has 0 bridgehead atoms. The summed E-state index contributed by atoms with van der Waals surface area (Å²) in [6, 6.07) is 0. The Morgan fingerprint density at radius 2 is 1.32 bits per heavy atom. The van der Waals surface area contributed by atoms with E-state index >= 15 is 0 Å². The number of allylic oxidation sites excluding steroid dienone is 1. The number of hydrogen-bond acceptors (Lipinski definition) is 2. The molecule has 0 aliphatic heterocycles. The second-order valence-corrected chi connectivity index (χ2v) is 8.20. The second kappa shape index (κ2) is 8.31. The molecule has 3 heteroatoms. The van der Waals surface area contributed by atoms with Gasteiger partial charge in [0, 0.05) is 0 Å². The van der Waals surface area contributed by atoms with E-state index in [-0.39, 0.29) is 5.60 Å². The van der Waals surface area contributed by atoms with E-state index in [1.165, 1.54) is 64.2 Å². The average molecular weight is 306 g/mol. The highest BCUT2D eigenvalue weighted by atomic mass is 16.7. The van der Waals surface area contributed by atoms with Crippen LogP contribution in [0.15, 0.2) is 12.0 Å². The van der Waals surface area contributed by atoms with Crippen LogP contribution in [-0.4, -0.2) is 12.5 Å². The second-order valence-electron chi connectivity index (χ2n) is 8.20. The van der Waals surface area contributed by atoms with E-state index in [4.69, 9.17) is 9.39 Å². The molecule has 2 aliphatic carbocycles. The molecule has 0 aromatic rings. The molecule has 0 N–H and O–H groups in total. The zero-order chi connectivity index (χ0) is 16.0. The van der Waals surface area contributed by atoms with Gasteiger partial charge in [-0.1, -0.05) is 64.2 Å². The third-order valence-electron chi connectivity index (χ3n) is 5.12. The SMILES string of the molecule is C/C=C(/OB(C1CCCCC1)C1CCCCC1)OC(C)(C)C. The molecule has 0 unspecified atom stereocenters. The summed E-state index contributed by atoms with van der Waals surface area (Å²) in [5.41, 5.74) is -0.189. The van der Waals surface area contributed by atoms with E-state index < -0.39 is 0 Å². The molecule has 2 saturated carbocycles. The van der Waals surface area contributed by atoms with Crippen LogP contribution in [0.5, 0.6) is 0 Å². The summed E-state index contributed by atoms with van der Waals surface area (Å²) in [4.78, 5) is 0. The van der Waals surface area contributed by atoms with E-state index in [9.17, 15) is 0 Å². The first-order valence-corrected chi connectivity index (χ1v) is 9.51. The molecule has 0 amide bonds. The fourth-order valence-electron chi connectivity index (χ4n) is 4.09. The first-order valence-electron chi connectivity index (χ1n) is 9.51. The van der Waals surface area contributed by atoms with Crippen LogP contribution in [0.25, 0.3) is 0 Å². The molecule has 2 nitrogen and oxygen atoms in total. The Morgan fingerprint density at radius 3 is 1.68 bits per heavy atom. The van der Waals surface area contributed by atoms with Gasteiger partial charge < -0.3 is 9.39 Å². The topological polar surface area (TPSA) is 18.5 Å². The molecule has 0 spiro atoms. The molecule has 0 radical (unpaired) electrons. The van der Waals surface area contributed by atoms with Crippen molar-refractivity contribution < 1.29 is 9.39 Å². The quantitative estimate of drug-likeness (QED) is 0.436. The third kappa shape index (κ3) is 5.55. The summed E-state index contributed by atoms with van der Waals surface area (Å²) in [7, 11) is 0. The Kier molecular flexibility index (Phi) is 6.71. The third-order valence-corrected chi connectivity index (χ3v) is 5.12. The fourth-order valence-corrected chi connectivity index (χ4v) is 4.09. The number of hydrogen-bond donors (Lipinski definition) is 0. The average Bonchev–Trinajstić information content (AvgIpc) is 2.52. The Labute approximate surface area is 138 Å². The maximum absolute atomic E-state index is 6.49. The summed E-state index contributed by atoms with van der Waals surface area (Å²) < 4.78 is 12.5. The summed E-state index contributed by atoms with van der Waals surface area (Å²) in [5.74, 6) is 2.21. The zero-order valence-corrected chi connectivity index (χ0v) is 15.2. The minimum atomic E-state index is -0.189. The Hall–Kier alpha value is -0.595. The van der Waals surface area contributed by atoms with Crippen LogP contribution < -0.4 is 0 Å². The number of rotatable bonds is 5. The van der Waals surface area contributed by atoms with Crippen LogP contribution in [0, 0.1) is 0 Å². The monoisotopic (exact) mass is 306 g/mol. The maximum Gasteiger partial charge on any atom is 0.368 e. The van der Waals surface area contributed by atoms with Crippen molar-refractivity contribution in [2.45, 2.75) is 109 Å². The summed E-state index contributed by atoms with van der Waals surface area (Å²) in [6.45, 7) is 8.68. The van der Waals surface area contributed by atoms with Gasteiger partial charge in [-0.25, -0.2) is 0 Å². The van der Waals surface area contributed by atoms with Gasteiger partial charge in [-0.2, -0.15) is 0 Å². The van der Waals surface area contributed by atoms with Crippen LogP contribution in [0.1, 0.15) is 91.9 Å². The van der Waals surface area contributed by atoms with Crippen molar-refractivity contribution in [2.24, 2.45) is 0 Å². The van der Waals surface area contributed by atoms with E-state index in [0.29, 0.717) is 6.92 Å². The first-order chi connectivity index (χ1) is 10.5. The smallest absolute Gasteiger partial charge is 0.368 e. The largest absolute Gasteiger partial charge is 0.536 e. The maximum atomic E-state index is 6.49. The minimum Gasteiger partial charge on any atom is -0.536 e. The molecule has 0 heterocycles. The van der Waals surface area contributed by atoms with Crippen LogP contribution >= 0.6 is 0 Å². The molecule has 0 atom stereocenters. The number of ether oxygens (including phenoxy) is 1. The van der Waals surface area contributed by atoms with Crippen molar-refractivity contribution in [2.75, 3.05) is 0 Å². The summed E-state index contributed by atoms with van der Waals surface area (Å²) in [5, 5.41) is 0. The van der Waals surface area contributed by atoms with Crippen LogP contribution in [0.2, 0.25) is 11.6 Å². The molecule has 22 heavy (non-hydrogen) atoms. The lowest BCUT2D eigenvalue weighted by Crippen LogP contribution is -2.34. The van der Waals surface area contributed by atoms with Gasteiger partial charge in [0.15, 0.2) is 0 Å². The molecule has 2 fully saturated rings. The molecule has 2 aliphatic rings. The van der Waals surface area contributed by atoms with Gasteiger partial charge in [-0.05, 0) is 45.4 Å². The van der Waals surface area contributed by atoms with E-state index in [2.05, 4.69) is 20.8 Å². The summed E-state index contributed by atoms with van der Waals surface area (Å²) >= 11 is 0. The highest BCUT2D eigenvalue weighted by Gasteiger charge is 2.39. The van der Waals surface area contributed by atoms with Crippen LogP contribution in [-0.2, 0) is 9.39 Å². The van der Waals surface area contributed by atoms with Gasteiger partial charge in [-0.3, -0.25) is 0 Å². The minimum absolute atomic E-state index is 0.189. The predicted octanol–water partition coefficient (Wildman–Crippen LogP) is 6.34. The lowest BCUT2D eigenvalue weighted by atomic mass is 9.42. The van der Waals surface area contributed by atoms with Crippen molar-refractivity contribution in [3.8, 4) is 0 Å². The molecular formula is C19H35BO2. The van der Waals surface area contributed by atoms with Gasteiger partial charge in [0.05, 0.1) is 0 Å². The fraction of sp³-hybridized carbons (Fsp3) is 0.895. The lowest BCUT2D eigenvalue weighted by molar-refractivity contribution is -0.00921. The first kappa shape index (κ1) is 17.8. The zero-order valence-electron chi connectivity index (χ0n) is 15.2. The Bertz CT molecular complexity index is 329. The van der Waals surface area contributed by atoms with Crippen molar-refractivity contribution in [3.05, 3.63) is 12.0 Å². The van der Waals surface area contributed by atoms with E-state index in [1.54, 1.807) is 0 Å². The molecule has 0 saturated heterocycles. The van der Waals surface area contributed by atoms with E-state index in [1.807, 2.05) is 13.0 Å². The molecule has 126 valence electrons. The molecule has 2 rings (SSSR count). The van der Waals surface area contributed by atoms with Gasteiger partial charge in [0.25, 0.3) is 5.95 Å². The predicted molar refractivity (Wildman–Crippen MR) is 95.1 cm³/mol. The normalized spacial score (nSPS) is 22.5. The van der Waals surface area contributed by atoms with E-state index in [0.717, 1.165) is 17.6 Å². The highest BCUT2D eigenvalue weighted by Crippen LogP contribution is 2.42. The molecule has 0 aromatic heterocycles. The van der Waals surface area contributed by atoms with Gasteiger partial charge >= 0.3 is 6.92 Å². The van der Waals surface area contributed by atoms with Crippen molar-refractivity contribution in [3.63, 3.8) is 0 Å². The van der Waals surface area contributed by atoms with Crippen molar-refractivity contribution >= 4 is 6.92 Å². The molecule has 0 aromatic carbocycles. The standard InChI is InChI=1S/C19H35BO2/c1-5-18(21-19(2,3)4)22-20(16-12-8-6-9-13-16)17-14-10-7-11-15-17/h5,16-17H,6-15H2,1-4H3/b18-5+. The molecular weight excluding hydrogens is 271 g/mol. The van der Waals surface area contributed by atoms with Crippen molar-refractivity contribution in [1.82, 2.24) is 0 Å². The highest BCUT2D eigenvalue weighted by molar-refractivity contribution is 6.55. The Morgan fingerprint density at radius 1 is 0.864 bits per heavy atom. The van der Waals surface area contributed by atoms with Crippen molar-refractivity contribution in [1.29, 1.82) is 0 Å². The van der Waals surface area contributed by atoms with Crippen LogP contribution in [0.3, 0.4) is 0 Å². The Balaban J connectivity index is 2.05. The lowest BCUT2D eigenvalue weighted by Gasteiger charge is -2.36. The van der Waals surface area contributed by atoms with Gasteiger partial charge in [0.1, 0.15) is 5.60 Å². The van der Waals surface area contributed by atoms with Crippen LogP contribution in [0.4, 0.5) is 0 Å². The summed E-state index contributed by atoms with van der Waals surface area (Å²) in [6.07, 6.45) is 15.7. The van der Waals surface area contributed by atoms with Gasteiger partial charge in [-0.15, -0.1) is 0 Å². The van der Waals surface area contributed by atoms with Gasteiger partial charge in [0.2, 0.25) is 0 Å².